The summed E-state index contributed by atoms with van der Waals surface area (Å²) in [7, 11) is 0. The number of carbonyl (C=O) groups is 1. The maximum absolute atomic E-state index is 12.0. The Hall–Kier alpha value is -1.35. The van der Waals surface area contributed by atoms with Gasteiger partial charge in [-0.1, -0.05) is 19.1 Å². The maximum Gasteiger partial charge on any atom is 0.226 e. The molecule has 1 unspecified atom stereocenters. The minimum Gasteiger partial charge on any atom is -0.328 e. The maximum atomic E-state index is 12.0. The van der Waals surface area contributed by atoms with Crippen LogP contribution in [0.2, 0.25) is 0 Å². The van der Waals surface area contributed by atoms with Gasteiger partial charge >= 0.3 is 0 Å². The van der Waals surface area contributed by atoms with Crippen LogP contribution in [-0.4, -0.2) is 18.5 Å². The van der Waals surface area contributed by atoms with E-state index in [4.69, 9.17) is 5.73 Å². The molecule has 18 heavy (non-hydrogen) atoms. The minimum absolute atomic E-state index is 0.183. The highest BCUT2D eigenvalue weighted by Gasteiger charge is 2.23. The molecule has 0 fully saturated rings. The molecule has 0 spiro atoms. The van der Waals surface area contributed by atoms with Crippen LogP contribution in [0, 0.1) is 0 Å². The van der Waals surface area contributed by atoms with Crippen LogP contribution in [0.1, 0.15) is 37.8 Å². The van der Waals surface area contributed by atoms with E-state index in [1.807, 2.05) is 18.7 Å². The van der Waals surface area contributed by atoms with Gasteiger partial charge in [-0.25, -0.2) is 0 Å². The zero-order valence-corrected chi connectivity index (χ0v) is 11.3. The highest BCUT2D eigenvalue weighted by Crippen LogP contribution is 2.29. The Balaban J connectivity index is 2.17. The Bertz CT molecular complexity index is 440. The first-order chi connectivity index (χ1) is 8.61. The lowest BCUT2D eigenvalue weighted by atomic mass is 10.0. The summed E-state index contributed by atoms with van der Waals surface area (Å²) in [5, 5.41) is 0. The van der Waals surface area contributed by atoms with Crippen molar-refractivity contribution in [3.05, 3.63) is 29.3 Å². The molecule has 1 aliphatic rings. The average Bonchev–Trinajstić information content (AvgIpc) is 2.71. The smallest absolute Gasteiger partial charge is 0.226 e. The predicted octanol–water partition coefficient (Wildman–Crippen LogP) is 2.27. The van der Waals surface area contributed by atoms with Crippen molar-refractivity contribution in [2.45, 2.75) is 45.6 Å². The molecule has 1 aromatic carbocycles. The van der Waals surface area contributed by atoms with E-state index in [0.717, 1.165) is 31.5 Å². The Morgan fingerprint density at radius 2 is 2.28 bits per heavy atom. The van der Waals surface area contributed by atoms with E-state index in [2.05, 4.69) is 18.2 Å². The summed E-state index contributed by atoms with van der Waals surface area (Å²) in [5.74, 6) is 0.246. The summed E-state index contributed by atoms with van der Waals surface area (Å²) in [5.41, 5.74) is 9.48. The van der Waals surface area contributed by atoms with Gasteiger partial charge in [-0.3, -0.25) is 4.79 Å². The second-order valence-corrected chi connectivity index (χ2v) is 5.19. The largest absolute Gasteiger partial charge is 0.328 e. The van der Waals surface area contributed by atoms with Gasteiger partial charge in [-0.05, 0) is 43.4 Å². The molecule has 0 radical (unpaired) electrons. The summed E-state index contributed by atoms with van der Waals surface area (Å²) in [6, 6.07) is 6.56. The standard InChI is InChI=1S/C15H22N2O/c1-3-4-15(18)17-8-7-13-10-12(9-11(2)16)5-6-14(13)17/h5-6,10-11H,3-4,7-9,16H2,1-2H3. The van der Waals surface area contributed by atoms with Crippen LogP contribution in [0.25, 0.3) is 0 Å². The number of hydrogen-bond donors (Lipinski definition) is 1. The van der Waals surface area contributed by atoms with Crippen molar-refractivity contribution < 1.29 is 4.79 Å². The molecule has 98 valence electrons. The first kappa shape index (κ1) is 13.1. The molecule has 1 amide bonds. The number of nitrogens with zero attached hydrogens (tertiary/aromatic N) is 1. The van der Waals surface area contributed by atoms with Crippen molar-refractivity contribution in [3.8, 4) is 0 Å². The molecule has 3 nitrogen and oxygen atoms in total. The van der Waals surface area contributed by atoms with Crippen LogP contribution in [0.15, 0.2) is 18.2 Å². The summed E-state index contributed by atoms with van der Waals surface area (Å²) >= 11 is 0. The van der Waals surface area contributed by atoms with Crippen LogP contribution in [0.3, 0.4) is 0 Å². The number of amides is 1. The molecule has 1 aromatic rings. The Morgan fingerprint density at radius 3 is 2.94 bits per heavy atom. The highest BCUT2D eigenvalue weighted by molar-refractivity contribution is 5.95. The third-order valence-corrected chi connectivity index (χ3v) is 3.36. The van der Waals surface area contributed by atoms with Gasteiger partial charge in [0.15, 0.2) is 0 Å². The van der Waals surface area contributed by atoms with Crippen LogP contribution >= 0.6 is 0 Å². The number of anilines is 1. The quantitative estimate of drug-likeness (QED) is 0.885. The number of nitrogens with two attached hydrogens (primary N) is 1. The fourth-order valence-electron chi connectivity index (χ4n) is 2.56. The van der Waals surface area contributed by atoms with Crippen molar-refractivity contribution >= 4 is 11.6 Å². The molecule has 0 saturated carbocycles. The van der Waals surface area contributed by atoms with E-state index >= 15 is 0 Å². The van der Waals surface area contributed by atoms with E-state index in [1.165, 1.54) is 11.1 Å². The molecular weight excluding hydrogens is 224 g/mol. The number of benzene rings is 1. The average molecular weight is 246 g/mol. The van der Waals surface area contributed by atoms with Gasteiger partial charge < -0.3 is 10.6 Å². The molecule has 0 aliphatic carbocycles. The second kappa shape index (κ2) is 5.53. The van der Waals surface area contributed by atoms with Gasteiger partial charge in [0, 0.05) is 24.7 Å². The van der Waals surface area contributed by atoms with Crippen LogP contribution in [0.4, 0.5) is 5.69 Å². The summed E-state index contributed by atoms with van der Waals surface area (Å²) in [4.78, 5) is 13.9. The van der Waals surface area contributed by atoms with Crippen LogP contribution in [-0.2, 0) is 17.6 Å². The second-order valence-electron chi connectivity index (χ2n) is 5.19. The fourth-order valence-corrected chi connectivity index (χ4v) is 2.56. The summed E-state index contributed by atoms with van der Waals surface area (Å²) in [6.45, 7) is 4.89. The van der Waals surface area contributed by atoms with Crippen molar-refractivity contribution in [1.82, 2.24) is 0 Å². The number of rotatable bonds is 4. The molecular formula is C15H22N2O. The van der Waals surface area contributed by atoms with Crippen molar-refractivity contribution in [2.75, 3.05) is 11.4 Å². The molecule has 1 heterocycles. The first-order valence-corrected chi connectivity index (χ1v) is 6.79. The third-order valence-electron chi connectivity index (χ3n) is 3.36. The van der Waals surface area contributed by atoms with Crippen LogP contribution < -0.4 is 10.6 Å². The topological polar surface area (TPSA) is 46.3 Å². The number of hydrogen-bond acceptors (Lipinski definition) is 2. The molecule has 0 aromatic heterocycles. The Morgan fingerprint density at radius 1 is 1.50 bits per heavy atom. The molecule has 0 bridgehead atoms. The zero-order chi connectivity index (χ0) is 13.1. The summed E-state index contributed by atoms with van der Waals surface area (Å²) in [6.07, 6.45) is 3.42. The number of carbonyl (C=O) groups excluding carboxylic acids is 1. The van der Waals surface area contributed by atoms with Crippen LogP contribution in [0.5, 0.6) is 0 Å². The van der Waals surface area contributed by atoms with Crippen molar-refractivity contribution in [3.63, 3.8) is 0 Å². The third kappa shape index (κ3) is 2.72. The molecule has 0 saturated heterocycles. The molecule has 2 rings (SSSR count). The Labute approximate surface area is 109 Å². The minimum atomic E-state index is 0.183. The lowest BCUT2D eigenvalue weighted by molar-refractivity contribution is -0.118. The molecule has 3 heteroatoms. The van der Waals surface area contributed by atoms with Gasteiger partial charge in [0.1, 0.15) is 0 Å². The van der Waals surface area contributed by atoms with Gasteiger partial charge in [-0.2, -0.15) is 0 Å². The highest BCUT2D eigenvalue weighted by atomic mass is 16.2. The van der Waals surface area contributed by atoms with Gasteiger partial charge in [0.2, 0.25) is 5.91 Å². The van der Waals surface area contributed by atoms with E-state index in [9.17, 15) is 4.79 Å². The first-order valence-electron chi connectivity index (χ1n) is 6.79. The molecule has 2 N–H and O–H groups in total. The zero-order valence-electron chi connectivity index (χ0n) is 11.3. The van der Waals surface area contributed by atoms with E-state index < -0.39 is 0 Å². The van der Waals surface area contributed by atoms with Crippen molar-refractivity contribution in [2.24, 2.45) is 5.73 Å². The van der Waals surface area contributed by atoms with Gasteiger partial charge in [0.25, 0.3) is 0 Å². The lowest BCUT2D eigenvalue weighted by Gasteiger charge is -2.17. The summed E-state index contributed by atoms with van der Waals surface area (Å²) < 4.78 is 0. The van der Waals surface area contributed by atoms with Gasteiger partial charge in [0.05, 0.1) is 0 Å². The fraction of sp³-hybridized carbons (Fsp3) is 0.533. The lowest BCUT2D eigenvalue weighted by Crippen LogP contribution is -2.28. The van der Waals surface area contributed by atoms with Crippen molar-refractivity contribution in [1.29, 1.82) is 0 Å². The van der Waals surface area contributed by atoms with Gasteiger partial charge in [-0.15, -0.1) is 0 Å². The Kier molecular flexibility index (Phi) is 4.02. The van der Waals surface area contributed by atoms with E-state index in [-0.39, 0.29) is 11.9 Å². The van der Waals surface area contributed by atoms with E-state index in [1.54, 1.807) is 0 Å². The molecule has 1 aliphatic heterocycles. The monoisotopic (exact) mass is 246 g/mol. The van der Waals surface area contributed by atoms with E-state index in [0.29, 0.717) is 6.42 Å². The SMILES string of the molecule is CCCC(=O)N1CCc2cc(CC(C)N)ccc21. The normalized spacial score (nSPS) is 15.6. The predicted molar refractivity (Wildman–Crippen MR) is 74.8 cm³/mol. The number of fused-ring (bicyclic) bond motifs is 1. The molecule has 1 atom stereocenters.